The van der Waals surface area contributed by atoms with Crippen LogP contribution in [0.2, 0.25) is 18.1 Å². The van der Waals surface area contributed by atoms with E-state index in [-0.39, 0.29) is 37.8 Å². The lowest BCUT2D eigenvalue weighted by atomic mass is 9.92. The molecule has 6 nitrogen and oxygen atoms in total. The van der Waals surface area contributed by atoms with Crippen LogP contribution in [0.5, 0.6) is 0 Å². The third-order valence-electron chi connectivity index (χ3n) is 5.97. The van der Waals surface area contributed by atoms with E-state index in [4.69, 9.17) is 23.4 Å². The fourth-order valence-corrected chi connectivity index (χ4v) is 6.87. The van der Waals surface area contributed by atoms with E-state index in [0.29, 0.717) is 0 Å². The molecule has 0 spiro atoms. The van der Waals surface area contributed by atoms with Crippen molar-refractivity contribution in [3.8, 4) is 0 Å². The first-order valence-electron chi connectivity index (χ1n) is 10.6. The molecule has 0 aliphatic carbocycles. The van der Waals surface area contributed by atoms with E-state index < -0.39 is 14.4 Å². The molecule has 0 saturated carbocycles. The van der Waals surface area contributed by atoms with E-state index in [9.17, 15) is 5.11 Å². The predicted molar refractivity (Wildman–Crippen MR) is 110 cm³/mol. The lowest BCUT2D eigenvalue weighted by Gasteiger charge is -2.48. The molecule has 1 rings (SSSR count). The summed E-state index contributed by atoms with van der Waals surface area (Å²) in [5, 5.41) is 9.92. The maximum Gasteiger partial charge on any atom is 0.192 e. The highest BCUT2D eigenvalue weighted by molar-refractivity contribution is 6.73. The third kappa shape index (κ3) is 6.77. The Morgan fingerprint density at radius 1 is 0.889 bits per heavy atom. The van der Waals surface area contributed by atoms with Gasteiger partial charge in [0.2, 0.25) is 0 Å². The molecule has 0 radical (unpaired) electrons. The Balaban J connectivity index is 3.14. The molecule has 1 fully saturated rings. The molecule has 1 aliphatic heterocycles. The second-order valence-corrected chi connectivity index (χ2v) is 12.2. The Hall–Kier alpha value is -0.0231. The van der Waals surface area contributed by atoms with Crippen LogP contribution in [0, 0.1) is 0 Å². The minimum absolute atomic E-state index is 0.0847. The van der Waals surface area contributed by atoms with Crippen molar-refractivity contribution in [2.45, 2.75) is 102 Å². The van der Waals surface area contributed by atoms with Crippen LogP contribution in [0.1, 0.15) is 53.4 Å². The predicted octanol–water partition coefficient (Wildman–Crippen LogP) is 3.72. The summed E-state index contributed by atoms with van der Waals surface area (Å²) in [5.74, 6) is 0. The number of hydrogen-bond acceptors (Lipinski definition) is 6. The Morgan fingerprint density at radius 2 is 1.56 bits per heavy atom. The van der Waals surface area contributed by atoms with Gasteiger partial charge in [0.15, 0.2) is 8.32 Å². The van der Waals surface area contributed by atoms with Gasteiger partial charge < -0.3 is 28.5 Å². The van der Waals surface area contributed by atoms with Gasteiger partial charge in [0.05, 0.1) is 12.7 Å². The van der Waals surface area contributed by atoms with Crippen molar-refractivity contribution < 1.29 is 28.5 Å². The maximum absolute atomic E-state index is 9.92. The maximum atomic E-state index is 9.92. The zero-order valence-corrected chi connectivity index (χ0v) is 19.2. The van der Waals surface area contributed by atoms with E-state index in [1.807, 2.05) is 0 Å². The number of hydrogen-bond donors (Lipinski definition) is 1. The van der Waals surface area contributed by atoms with Crippen LogP contribution in [0.25, 0.3) is 0 Å². The molecule has 7 heteroatoms. The third-order valence-corrected chi connectivity index (χ3v) is 10.6. The lowest BCUT2D eigenvalue weighted by Crippen LogP contribution is -2.63. The Kier molecular flexibility index (Phi) is 12.3. The van der Waals surface area contributed by atoms with Gasteiger partial charge >= 0.3 is 0 Å². The molecule has 1 saturated heterocycles. The molecule has 27 heavy (non-hydrogen) atoms. The molecule has 0 aromatic rings. The molecule has 1 N–H and O–H groups in total. The van der Waals surface area contributed by atoms with Crippen LogP contribution < -0.4 is 0 Å². The van der Waals surface area contributed by atoms with Crippen LogP contribution in [-0.2, 0) is 23.4 Å². The second kappa shape index (κ2) is 13.2. The number of rotatable bonds is 14. The quantitative estimate of drug-likeness (QED) is 0.269. The van der Waals surface area contributed by atoms with Crippen molar-refractivity contribution in [1.82, 2.24) is 0 Å². The zero-order valence-electron chi connectivity index (χ0n) is 18.2. The van der Waals surface area contributed by atoms with E-state index in [0.717, 1.165) is 43.8 Å². The number of unbranched alkanes of at least 4 members (excludes halogenated alkanes) is 2. The summed E-state index contributed by atoms with van der Waals surface area (Å²) in [6, 6.07) is 3.15. The Bertz CT molecular complexity index is 371. The van der Waals surface area contributed by atoms with Crippen LogP contribution in [0.15, 0.2) is 0 Å². The molecule has 1 aliphatic rings. The molecule has 5 atom stereocenters. The highest BCUT2D eigenvalue weighted by atomic mass is 28.4. The lowest BCUT2D eigenvalue weighted by molar-refractivity contribution is -0.258. The Labute approximate surface area is 167 Å². The van der Waals surface area contributed by atoms with Crippen molar-refractivity contribution in [2.75, 3.05) is 27.6 Å². The van der Waals surface area contributed by atoms with E-state index in [1.54, 1.807) is 14.2 Å². The summed E-state index contributed by atoms with van der Waals surface area (Å²) in [6.07, 6.45) is 2.86. The van der Waals surface area contributed by atoms with Crippen LogP contribution in [0.4, 0.5) is 0 Å². The van der Waals surface area contributed by atoms with Gasteiger partial charge in [-0.3, -0.25) is 0 Å². The first-order valence-corrected chi connectivity index (χ1v) is 13.2. The van der Waals surface area contributed by atoms with Crippen molar-refractivity contribution in [3.63, 3.8) is 0 Å². The molecule has 162 valence electrons. The summed E-state index contributed by atoms with van der Waals surface area (Å²) in [5.41, 5.74) is 0. The summed E-state index contributed by atoms with van der Waals surface area (Å²) >= 11 is 0. The number of aliphatic hydroxyl groups excluding tert-OH is 1. The summed E-state index contributed by atoms with van der Waals surface area (Å²) in [7, 11) is 1.39. The van der Waals surface area contributed by atoms with E-state index in [1.165, 1.54) is 0 Å². The van der Waals surface area contributed by atoms with E-state index >= 15 is 0 Å². The number of aliphatic hydroxyl groups is 1. The van der Waals surface area contributed by atoms with Gasteiger partial charge in [0.1, 0.15) is 31.2 Å². The topological polar surface area (TPSA) is 66.4 Å². The molecule has 0 amide bonds. The SMILES string of the molecule is CCCCCC1OC(CO)C(OC)C(O[Si](CC)(CC)CC)C1OCOC. The molecular weight excluding hydrogens is 364 g/mol. The van der Waals surface area contributed by atoms with Gasteiger partial charge in [0.25, 0.3) is 0 Å². The normalized spacial score (nSPS) is 29.2. The average molecular weight is 407 g/mol. The minimum Gasteiger partial charge on any atom is -0.408 e. The largest absolute Gasteiger partial charge is 0.408 e. The average Bonchev–Trinajstić information content (AvgIpc) is 2.71. The van der Waals surface area contributed by atoms with Crippen LogP contribution in [0.3, 0.4) is 0 Å². The standard InChI is InChI=1S/C20H42O6Si/c1-7-11-12-13-16-19(24-15-22-5)20(18(23-6)17(14-21)25-16)26-27(8-2,9-3)10-4/h16-21H,7-15H2,1-6H3. The van der Waals surface area contributed by atoms with Crippen molar-refractivity contribution in [3.05, 3.63) is 0 Å². The van der Waals surface area contributed by atoms with Crippen LogP contribution in [-0.4, -0.2) is 71.6 Å². The fraction of sp³-hybridized carbons (Fsp3) is 1.00. The highest BCUT2D eigenvalue weighted by Gasteiger charge is 2.49. The van der Waals surface area contributed by atoms with E-state index in [2.05, 4.69) is 27.7 Å². The zero-order chi connectivity index (χ0) is 20.3. The molecular formula is C20H42O6Si. The van der Waals surface area contributed by atoms with Gasteiger partial charge in [0, 0.05) is 14.2 Å². The van der Waals surface area contributed by atoms with Crippen LogP contribution >= 0.6 is 0 Å². The molecule has 0 aromatic heterocycles. The fourth-order valence-electron chi connectivity index (χ4n) is 4.02. The summed E-state index contributed by atoms with van der Waals surface area (Å²) < 4.78 is 30.1. The van der Waals surface area contributed by atoms with Gasteiger partial charge in [-0.25, -0.2) is 0 Å². The smallest absolute Gasteiger partial charge is 0.192 e. The number of methoxy groups -OCH3 is 2. The molecule has 0 bridgehead atoms. The first-order chi connectivity index (χ1) is 13.1. The first kappa shape index (κ1) is 25.0. The van der Waals surface area contributed by atoms with Gasteiger partial charge in [-0.2, -0.15) is 0 Å². The number of ether oxygens (including phenoxy) is 4. The highest BCUT2D eigenvalue weighted by Crippen LogP contribution is 2.34. The minimum atomic E-state index is -1.89. The van der Waals surface area contributed by atoms with Gasteiger partial charge in [-0.15, -0.1) is 0 Å². The molecule has 5 unspecified atom stereocenters. The van der Waals surface area contributed by atoms with Crippen molar-refractivity contribution >= 4 is 8.32 Å². The molecule has 0 aromatic carbocycles. The van der Waals surface area contributed by atoms with Crippen molar-refractivity contribution in [1.29, 1.82) is 0 Å². The monoisotopic (exact) mass is 406 g/mol. The van der Waals surface area contributed by atoms with Crippen molar-refractivity contribution in [2.24, 2.45) is 0 Å². The summed E-state index contributed by atoms with van der Waals surface area (Å²) in [4.78, 5) is 0. The summed E-state index contributed by atoms with van der Waals surface area (Å²) in [6.45, 7) is 8.94. The van der Waals surface area contributed by atoms with Gasteiger partial charge in [-0.1, -0.05) is 47.0 Å². The van der Waals surface area contributed by atoms with Gasteiger partial charge in [-0.05, 0) is 24.6 Å². The second-order valence-electron chi connectivity index (χ2n) is 7.46. The Morgan fingerprint density at radius 3 is 2.04 bits per heavy atom. The molecule has 1 heterocycles.